The second kappa shape index (κ2) is 11.2. The third kappa shape index (κ3) is 5.75. The van der Waals surface area contributed by atoms with Crippen molar-refractivity contribution in [3.05, 3.63) is 66.4 Å². The summed E-state index contributed by atoms with van der Waals surface area (Å²) in [5.41, 5.74) is 0.0899. The molecule has 0 spiro atoms. The average Bonchev–Trinajstić information content (AvgIpc) is 2.88. The number of carbonyl (C=O) groups excluding carboxylic acids is 1. The van der Waals surface area contributed by atoms with Gasteiger partial charge in [0.15, 0.2) is 11.5 Å². The Hall–Kier alpha value is -3.56. The van der Waals surface area contributed by atoms with Crippen LogP contribution in [0.4, 0.5) is 19.0 Å². The summed E-state index contributed by atoms with van der Waals surface area (Å²) in [7, 11) is 1.76. The number of hydrogen-bond donors (Lipinski definition) is 0. The smallest absolute Gasteiger partial charge is 0.353 e. The average molecular weight is 487 g/mol. The molecule has 10 heteroatoms. The van der Waals surface area contributed by atoms with Crippen LogP contribution in [-0.2, 0) is 6.18 Å². The monoisotopic (exact) mass is 486 g/mol. The number of likely N-dealkylation sites (N-methyl/N-ethyl adjacent to an activating group) is 2. The maximum Gasteiger partial charge on any atom is 0.434 e. The van der Waals surface area contributed by atoms with Gasteiger partial charge >= 0.3 is 6.18 Å². The molecule has 1 aromatic carbocycles. The number of rotatable bonds is 9. The molecule has 1 amide bonds. The van der Waals surface area contributed by atoms with Gasteiger partial charge in [-0.1, -0.05) is 32.0 Å². The highest BCUT2D eigenvalue weighted by atomic mass is 19.4. The molecular formula is C25H29F3N6O. The molecule has 0 saturated carbocycles. The summed E-state index contributed by atoms with van der Waals surface area (Å²) in [5.74, 6) is 0.613. The number of nitrogens with zero attached hydrogens (tertiary/aromatic N) is 6. The fourth-order valence-electron chi connectivity index (χ4n) is 4.31. The highest BCUT2D eigenvalue weighted by molar-refractivity contribution is 6.00. The second-order valence-electron chi connectivity index (χ2n) is 8.03. The van der Waals surface area contributed by atoms with Gasteiger partial charge in [0.2, 0.25) is 0 Å². The second-order valence-corrected chi connectivity index (χ2v) is 8.03. The van der Waals surface area contributed by atoms with Crippen LogP contribution < -0.4 is 4.90 Å². The summed E-state index contributed by atoms with van der Waals surface area (Å²) in [6, 6.07) is 8.50. The van der Waals surface area contributed by atoms with Crippen LogP contribution in [0, 0.1) is 0 Å². The standard InChI is InChI=1S/C25H29F3N6O/c1-5-19(33(4)22-16-31-21(15-32-22)25(26,27)28)20(6-2)34(7-3)24(35)18-12-9-8-11-17(18)23-29-13-10-14-30-23/h8-16,19-20H,5-7H2,1-4H3. The molecular weight excluding hydrogens is 457 g/mol. The number of amides is 1. The molecule has 35 heavy (non-hydrogen) atoms. The van der Waals surface area contributed by atoms with Crippen LogP contribution >= 0.6 is 0 Å². The van der Waals surface area contributed by atoms with E-state index < -0.39 is 11.9 Å². The van der Waals surface area contributed by atoms with Crippen LogP contribution in [0.25, 0.3) is 11.4 Å². The van der Waals surface area contributed by atoms with Crippen LogP contribution in [0.1, 0.15) is 49.7 Å². The van der Waals surface area contributed by atoms with Crippen molar-refractivity contribution in [2.45, 2.75) is 51.9 Å². The molecule has 0 fully saturated rings. The minimum absolute atomic E-state index is 0.159. The van der Waals surface area contributed by atoms with Gasteiger partial charge in [-0.05, 0) is 31.9 Å². The Morgan fingerprint density at radius 3 is 2.11 bits per heavy atom. The van der Waals surface area contributed by atoms with E-state index in [1.165, 1.54) is 0 Å². The van der Waals surface area contributed by atoms with E-state index in [-0.39, 0.29) is 18.0 Å². The summed E-state index contributed by atoms with van der Waals surface area (Å²) in [4.78, 5) is 33.5. The minimum atomic E-state index is -4.55. The lowest BCUT2D eigenvalue weighted by Gasteiger charge is -2.40. The van der Waals surface area contributed by atoms with E-state index in [1.54, 1.807) is 47.4 Å². The van der Waals surface area contributed by atoms with Gasteiger partial charge in [0.1, 0.15) is 5.82 Å². The lowest BCUT2D eigenvalue weighted by molar-refractivity contribution is -0.141. The molecule has 0 aliphatic rings. The third-order valence-electron chi connectivity index (χ3n) is 6.03. The van der Waals surface area contributed by atoms with Gasteiger partial charge in [-0.2, -0.15) is 13.2 Å². The normalized spacial score (nSPS) is 13.2. The molecule has 186 valence electrons. The summed E-state index contributed by atoms with van der Waals surface area (Å²) < 4.78 is 38.7. The number of aromatic nitrogens is 4. The van der Waals surface area contributed by atoms with Gasteiger partial charge in [-0.15, -0.1) is 0 Å². The molecule has 0 N–H and O–H groups in total. The molecule has 2 atom stereocenters. The van der Waals surface area contributed by atoms with Crippen LogP contribution in [-0.4, -0.2) is 56.4 Å². The predicted molar refractivity (Wildman–Crippen MR) is 128 cm³/mol. The summed E-state index contributed by atoms with van der Waals surface area (Å²) in [5, 5.41) is 0. The van der Waals surface area contributed by atoms with Crippen molar-refractivity contribution >= 4 is 11.7 Å². The van der Waals surface area contributed by atoms with Crippen molar-refractivity contribution in [2.75, 3.05) is 18.5 Å². The zero-order valence-electron chi connectivity index (χ0n) is 20.2. The van der Waals surface area contributed by atoms with E-state index in [4.69, 9.17) is 0 Å². The predicted octanol–water partition coefficient (Wildman–Crippen LogP) is 5.11. The number of hydrogen-bond acceptors (Lipinski definition) is 6. The summed E-state index contributed by atoms with van der Waals surface area (Å²) in [6.07, 6.45) is 1.84. The van der Waals surface area contributed by atoms with E-state index in [1.807, 2.05) is 32.9 Å². The molecule has 2 aromatic heterocycles. The van der Waals surface area contributed by atoms with Crippen LogP contribution in [0.5, 0.6) is 0 Å². The van der Waals surface area contributed by atoms with Gasteiger partial charge in [-0.3, -0.25) is 4.79 Å². The SMILES string of the molecule is CCC(C(CC)N(C)c1cnc(C(F)(F)F)cn1)N(CC)C(=O)c1ccccc1-c1ncccn1. The van der Waals surface area contributed by atoms with Crippen molar-refractivity contribution < 1.29 is 18.0 Å². The highest BCUT2D eigenvalue weighted by Crippen LogP contribution is 2.29. The van der Waals surface area contributed by atoms with Crippen LogP contribution in [0.3, 0.4) is 0 Å². The Balaban J connectivity index is 1.93. The molecule has 2 heterocycles. The summed E-state index contributed by atoms with van der Waals surface area (Å²) in [6.45, 7) is 6.32. The van der Waals surface area contributed by atoms with Gasteiger partial charge in [0.05, 0.1) is 30.0 Å². The molecule has 0 saturated heterocycles. The van der Waals surface area contributed by atoms with Crippen LogP contribution in [0.2, 0.25) is 0 Å². The van der Waals surface area contributed by atoms with Crippen LogP contribution in [0.15, 0.2) is 55.1 Å². The molecule has 0 aliphatic heterocycles. The van der Waals surface area contributed by atoms with E-state index in [2.05, 4.69) is 19.9 Å². The zero-order valence-corrected chi connectivity index (χ0v) is 20.2. The first-order valence-electron chi connectivity index (χ1n) is 11.5. The first kappa shape index (κ1) is 26.1. The maximum absolute atomic E-state index is 13.8. The van der Waals surface area contributed by atoms with Crippen molar-refractivity contribution in [1.29, 1.82) is 0 Å². The van der Waals surface area contributed by atoms with Crippen molar-refractivity contribution in [3.63, 3.8) is 0 Å². The lowest BCUT2D eigenvalue weighted by Crippen LogP contribution is -2.52. The molecule has 0 bridgehead atoms. The first-order valence-corrected chi connectivity index (χ1v) is 11.5. The molecule has 7 nitrogen and oxygen atoms in total. The van der Waals surface area contributed by atoms with E-state index in [0.29, 0.717) is 42.2 Å². The molecule has 2 unspecified atom stereocenters. The van der Waals surface area contributed by atoms with E-state index in [9.17, 15) is 18.0 Å². The molecule has 0 aliphatic carbocycles. The van der Waals surface area contributed by atoms with Gasteiger partial charge in [0, 0.05) is 31.5 Å². The Morgan fingerprint density at radius 1 is 0.914 bits per heavy atom. The Bertz CT molecular complexity index is 1110. The Kier molecular flexibility index (Phi) is 8.37. The summed E-state index contributed by atoms with van der Waals surface area (Å²) >= 11 is 0. The largest absolute Gasteiger partial charge is 0.434 e. The van der Waals surface area contributed by atoms with E-state index in [0.717, 1.165) is 12.4 Å². The fraction of sp³-hybridized carbons (Fsp3) is 0.400. The number of benzene rings is 1. The maximum atomic E-state index is 13.8. The minimum Gasteiger partial charge on any atom is -0.353 e. The zero-order chi connectivity index (χ0) is 25.6. The Morgan fingerprint density at radius 2 is 1.57 bits per heavy atom. The van der Waals surface area contributed by atoms with Gasteiger partial charge < -0.3 is 9.80 Å². The number of carbonyl (C=O) groups is 1. The van der Waals surface area contributed by atoms with Crippen molar-refractivity contribution in [2.24, 2.45) is 0 Å². The fourth-order valence-corrected chi connectivity index (χ4v) is 4.31. The molecule has 3 aromatic rings. The lowest BCUT2D eigenvalue weighted by atomic mass is 9.97. The van der Waals surface area contributed by atoms with Gasteiger partial charge in [-0.25, -0.2) is 19.9 Å². The molecule has 3 rings (SSSR count). The third-order valence-corrected chi connectivity index (χ3v) is 6.03. The first-order chi connectivity index (χ1) is 16.7. The topological polar surface area (TPSA) is 75.1 Å². The van der Waals surface area contributed by atoms with Crippen molar-refractivity contribution in [1.82, 2.24) is 24.8 Å². The van der Waals surface area contributed by atoms with E-state index >= 15 is 0 Å². The quantitative estimate of drug-likeness (QED) is 0.419. The van der Waals surface area contributed by atoms with Gasteiger partial charge in [0.25, 0.3) is 5.91 Å². The highest BCUT2D eigenvalue weighted by Gasteiger charge is 2.35. The number of halogens is 3. The number of anilines is 1. The Labute approximate surface area is 203 Å². The van der Waals surface area contributed by atoms with Crippen molar-refractivity contribution in [3.8, 4) is 11.4 Å². The number of alkyl halides is 3. The molecule has 0 radical (unpaired) electrons.